The number of aliphatic hydroxyl groups is 1. The number of hydrogen-bond acceptors (Lipinski definition) is 5. The number of hydrogen-bond donors (Lipinski definition) is 2. The van der Waals surface area contributed by atoms with Crippen LogP contribution in [0.25, 0.3) is 0 Å². The lowest BCUT2D eigenvalue weighted by Crippen LogP contribution is -2.42. The molecule has 2 N–H and O–H groups in total. The minimum Gasteiger partial charge on any atom is -0.387 e. The molecular weight excluding hydrogens is 320 g/mol. The number of H-pyrrole nitrogens is 1. The number of nitrogens with zero attached hydrogens (tertiary/aromatic N) is 3. The van der Waals surface area contributed by atoms with E-state index in [1.54, 1.807) is 13.1 Å². The molecule has 2 aromatic rings. The van der Waals surface area contributed by atoms with Crippen LogP contribution in [0.1, 0.15) is 30.3 Å². The Morgan fingerprint density at radius 1 is 1.28 bits per heavy atom. The molecule has 3 rings (SSSR count). The number of aromatic amines is 1. The molecule has 0 bridgehead atoms. The Morgan fingerprint density at radius 3 is 2.68 bits per heavy atom. The van der Waals surface area contributed by atoms with Gasteiger partial charge in [0.05, 0.1) is 11.8 Å². The van der Waals surface area contributed by atoms with Gasteiger partial charge in [-0.15, -0.1) is 0 Å². The third kappa shape index (κ3) is 4.24. The number of nitrogens with one attached hydrogen (secondary N) is 1. The van der Waals surface area contributed by atoms with Gasteiger partial charge in [-0.3, -0.25) is 14.3 Å². The van der Waals surface area contributed by atoms with Crippen molar-refractivity contribution in [2.75, 3.05) is 19.6 Å². The van der Waals surface area contributed by atoms with Crippen molar-refractivity contribution in [3.8, 4) is 0 Å². The number of aromatic nitrogens is 3. The molecule has 1 aliphatic heterocycles. The zero-order valence-electron chi connectivity index (χ0n) is 14.4. The molecule has 2 aromatic heterocycles. The molecule has 7 nitrogen and oxygen atoms in total. The van der Waals surface area contributed by atoms with Gasteiger partial charge in [-0.1, -0.05) is 6.07 Å². The molecule has 1 fully saturated rings. The zero-order chi connectivity index (χ0) is 17.8. The maximum absolute atomic E-state index is 11.9. The lowest BCUT2D eigenvalue weighted by atomic mass is 9.89. The van der Waals surface area contributed by atoms with Crippen LogP contribution in [0.4, 0.5) is 0 Å². The highest BCUT2D eigenvalue weighted by Crippen LogP contribution is 2.29. The smallest absolute Gasteiger partial charge is 0.328 e. The predicted octanol–water partition coefficient (Wildman–Crippen LogP) is 0.686. The van der Waals surface area contributed by atoms with Gasteiger partial charge in [0.15, 0.2) is 0 Å². The summed E-state index contributed by atoms with van der Waals surface area (Å²) in [6.07, 6.45) is 2.91. The summed E-state index contributed by atoms with van der Waals surface area (Å²) in [6, 6.07) is 7.02. The number of rotatable bonds is 5. The first kappa shape index (κ1) is 17.6. The van der Waals surface area contributed by atoms with Gasteiger partial charge >= 0.3 is 5.69 Å². The molecule has 25 heavy (non-hydrogen) atoms. The summed E-state index contributed by atoms with van der Waals surface area (Å²) in [5.41, 5.74) is 0.682. The van der Waals surface area contributed by atoms with E-state index in [2.05, 4.69) is 14.9 Å². The lowest BCUT2D eigenvalue weighted by molar-refractivity contribution is 0.0550. The Labute approximate surface area is 146 Å². The first-order valence-corrected chi connectivity index (χ1v) is 8.66. The highest BCUT2D eigenvalue weighted by atomic mass is 16.3. The van der Waals surface area contributed by atoms with Crippen molar-refractivity contribution in [3.05, 3.63) is 62.7 Å². The van der Waals surface area contributed by atoms with Crippen LogP contribution in [0.2, 0.25) is 0 Å². The Balaban J connectivity index is 1.53. The fraction of sp³-hybridized carbons (Fsp3) is 0.500. The first-order valence-electron chi connectivity index (χ1n) is 8.66. The maximum Gasteiger partial charge on any atom is 0.328 e. The summed E-state index contributed by atoms with van der Waals surface area (Å²) >= 11 is 0. The highest BCUT2D eigenvalue weighted by molar-refractivity contribution is 5.08. The Morgan fingerprint density at radius 2 is 2.04 bits per heavy atom. The molecule has 3 heterocycles. The summed E-state index contributed by atoms with van der Waals surface area (Å²) in [7, 11) is 0. The molecule has 0 aromatic carbocycles. The van der Waals surface area contributed by atoms with Crippen LogP contribution < -0.4 is 11.2 Å². The van der Waals surface area contributed by atoms with Gasteiger partial charge in [0.25, 0.3) is 5.56 Å². The van der Waals surface area contributed by atoms with Crippen LogP contribution in [-0.2, 0) is 6.54 Å². The van der Waals surface area contributed by atoms with Crippen LogP contribution in [0.3, 0.4) is 0 Å². The molecule has 1 aliphatic rings. The summed E-state index contributed by atoms with van der Waals surface area (Å²) in [4.78, 5) is 32.9. The highest BCUT2D eigenvalue weighted by Gasteiger charge is 2.26. The molecule has 1 unspecified atom stereocenters. The molecule has 0 spiro atoms. The number of aliphatic hydroxyl groups excluding tert-OH is 1. The van der Waals surface area contributed by atoms with Gasteiger partial charge in [-0.05, 0) is 50.9 Å². The van der Waals surface area contributed by atoms with Crippen molar-refractivity contribution in [3.63, 3.8) is 0 Å². The predicted molar refractivity (Wildman–Crippen MR) is 94.4 cm³/mol. The van der Waals surface area contributed by atoms with Crippen molar-refractivity contribution in [1.82, 2.24) is 19.4 Å². The van der Waals surface area contributed by atoms with Crippen molar-refractivity contribution in [2.24, 2.45) is 5.92 Å². The van der Waals surface area contributed by atoms with Crippen molar-refractivity contribution < 1.29 is 5.11 Å². The molecule has 134 valence electrons. The minimum atomic E-state index is -0.536. The van der Waals surface area contributed by atoms with Crippen LogP contribution in [-0.4, -0.2) is 44.2 Å². The average Bonchev–Trinajstić information content (AvgIpc) is 2.61. The summed E-state index contributed by atoms with van der Waals surface area (Å²) in [6.45, 7) is 4.41. The molecule has 7 heteroatoms. The van der Waals surface area contributed by atoms with Crippen molar-refractivity contribution in [2.45, 2.75) is 32.4 Å². The summed E-state index contributed by atoms with van der Waals surface area (Å²) in [5.74, 6) is 0.191. The van der Waals surface area contributed by atoms with E-state index >= 15 is 0 Å². The quantitative estimate of drug-likeness (QED) is 0.833. The molecule has 0 radical (unpaired) electrons. The molecule has 0 amide bonds. The Bertz CT molecular complexity index is 776. The van der Waals surface area contributed by atoms with E-state index in [1.807, 2.05) is 18.2 Å². The SMILES string of the molecule is Cc1cc(=O)n(CCN2CCC(C(O)c3ccccn3)CC2)c(=O)[nH]1. The summed E-state index contributed by atoms with van der Waals surface area (Å²) in [5, 5.41) is 10.5. The second kappa shape index (κ2) is 7.76. The topological polar surface area (TPSA) is 91.2 Å². The summed E-state index contributed by atoms with van der Waals surface area (Å²) < 4.78 is 1.24. The van der Waals surface area contributed by atoms with Crippen molar-refractivity contribution >= 4 is 0 Å². The fourth-order valence-electron chi connectivity index (χ4n) is 3.37. The second-order valence-corrected chi connectivity index (χ2v) is 6.63. The molecule has 1 saturated heterocycles. The van der Waals surface area contributed by atoms with Gasteiger partial charge in [-0.2, -0.15) is 0 Å². The Hall–Kier alpha value is -2.25. The average molecular weight is 344 g/mol. The molecular formula is C18H24N4O3. The van der Waals surface area contributed by atoms with E-state index in [9.17, 15) is 14.7 Å². The van der Waals surface area contributed by atoms with E-state index in [1.165, 1.54) is 10.6 Å². The van der Waals surface area contributed by atoms with Crippen LogP contribution in [0, 0.1) is 12.8 Å². The lowest BCUT2D eigenvalue weighted by Gasteiger charge is -2.34. The molecule has 1 atom stereocenters. The van der Waals surface area contributed by atoms with Crippen LogP contribution in [0.5, 0.6) is 0 Å². The van der Waals surface area contributed by atoms with E-state index in [-0.39, 0.29) is 17.2 Å². The second-order valence-electron chi connectivity index (χ2n) is 6.63. The third-order valence-corrected chi connectivity index (χ3v) is 4.86. The normalized spacial score (nSPS) is 17.5. The maximum atomic E-state index is 11.9. The standard InChI is InChI=1S/C18H24N4O3/c1-13-12-16(23)22(18(25)20-13)11-10-21-8-5-14(6-9-21)17(24)15-4-2-3-7-19-15/h2-4,7,12,14,17,24H,5-6,8-11H2,1H3,(H,20,25). The zero-order valence-corrected chi connectivity index (χ0v) is 14.4. The first-order chi connectivity index (χ1) is 12.0. The fourth-order valence-corrected chi connectivity index (χ4v) is 3.37. The number of piperidine rings is 1. The van der Waals surface area contributed by atoms with E-state index in [0.717, 1.165) is 31.6 Å². The van der Waals surface area contributed by atoms with Gasteiger partial charge in [-0.25, -0.2) is 4.79 Å². The van der Waals surface area contributed by atoms with E-state index in [0.29, 0.717) is 18.8 Å². The van der Waals surface area contributed by atoms with Gasteiger partial charge in [0, 0.05) is 31.0 Å². The van der Waals surface area contributed by atoms with E-state index < -0.39 is 6.10 Å². The van der Waals surface area contributed by atoms with Gasteiger partial charge < -0.3 is 15.0 Å². The largest absolute Gasteiger partial charge is 0.387 e. The van der Waals surface area contributed by atoms with Crippen molar-refractivity contribution in [1.29, 1.82) is 0 Å². The van der Waals surface area contributed by atoms with Crippen LogP contribution >= 0.6 is 0 Å². The number of pyridine rings is 1. The van der Waals surface area contributed by atoms with Gasteiger partial charge in [0.1, 0.15) is 0 Å². The Kier molecular flexibility index (Phi) is 5.45. The van der Waals surface area contributed by atoms with Crippen LogP contribution in [0.15, 0.2) is 40.1 Å². The third-order valence-electron chi connectivity index (χ3n) is 4.86. The minimum absolute atomic E-state index is 0.191. The number of likely N-dealkylation sites (tertiary alicyclic amines) is 1. The number of aryl methyl sites for hydroxylation is 1. The monoisotopic (exact) mass is 344 g/mol. The van der Waals surface area contributed by atoms with Gasteiger partial charge in [0.2, 0.25) is 0 Å². The molecule has 0 saturated carbocycles. The molecule has 0 aliphatic carbocycles. The van der Waals surface area contributed by atoms with E-state index in [4.69, 9.17) is 0 Å².